The SMILES string of the molecule is CC(C)(C)C1CCc2c(sc3nc(SCC(=O)NCCN4CCCCC4)nc(N)c23)C1. The monoisotopic (exact) mass is 461 g/mol. The van der Waals surface area contributed by atoms with Crippen molar-refractivity contribution in [3.63, 3.8) is 0 Å². The first-order valence-electron chi connectivity index (χ1n) is 11.5. The number of nitrogens with two attached hydrogens (primary N) is 1. The molecule has 1 atom stereocenters. The number of rotatable bonds is 6. The number of thioether (sulfide) groups is 1. The summed E-state index contributed by atoms with van der Waals surface area (Å²) in [6.07, 6.45) is 7.22. The molecule has 8 heteroatoms. The fraction of sp³-hybridized carbons (Fsp3) is 0.696. The van der Waals surface area contributed by atoms with Gasteiger partial charge in [0.25, 0.3) is 0 Å². The van der Waals surface area contributed by atoms with Gasteiger partial charge >= 0.3 is 0 Å². The maximum Gasteiger partial charge on any atom is 0.230 e. The minimum atomic E-state index is 0.0303. The molecule has 1 aliphatic heterocycles. The molecule has 1 fully saturated rings. The maximum atomic E-state index is 12.3. The van der Waals surface area contributed by atoms with Gasteiger partial charge in [0, 0.05) is 18.0 Å². The zero-order valence-corrected chi connectivity index (χ0v) is 20.6. The molecule has 4 rings (SSSR count). The Labute approximate surface area is 193 Å². The smallest absolute Gasteiger partial charge is 0.230 e. The van der Waals surface area contributed by atoms with Crippen LogP contribution in [-0.2, 0) is 17.6 Å². The summed E-state index contributed by atoms with van der Waals surface area (Å²) in [5, 5.41) is 4.67. The number of nitrogens with zero attached hydrogens (tertiary/aromatic N) is 3. The van der Waals surface area contributed by atoms with Crippen molar-refractivity contribution in [2.24, 2.45) is 11.3 Å². The highest BCUT2D eigenvalue weighted by Crippen LogP contribution is 2.44. The number of nitrogen functional groups attached to an aromatic ring is 1. The minimum absolute atomic E-state index is 0.0303. The number of anilines is 1. The van der Waals surface area contributed by atoms with E-state index in [1.165, 1.54) is 47.9 Å². The Morgan fingerprint density at radius 2 is 2.03 bits per heavy atom. The molecule has 31 heavy (non-hydrogen) atoms. The van der Waals surface area contributed by atoms with Crippen LogP contribution in [0.25, 0.3) is 10.2 Å². The minimum Gasteiger partial charge on any atom is -0.383 e. The number of carbonyl (C=O) groups excluding carboxylic acids is 1. The molecule has 0 aromatic carbocycles. The molecular formula is C23H35N5OS2. The van der Waals surface area contributed by atoms with Crippen LogP contribution in [0.15, 0.2) is 5.16 Å². The molecule has 0 saturated carbocycles. The molecule has 0 bridgehead atoms. The Morgan fingerprint density at radius 3 is 2.77 bits per heavy atom. The first kappa shape index (κ1) is 22.8. The summed E-state index contributed by atoms with van der Waals surface area (Å²) in [6.45, 7) is 10.9. The molecule has 2 aromatic heterocycles. The Balaban J connectivity index is 1.35. The van der Waals surface area contributed by atoms with Crippen LogP contribution in [0.3, 0.4) is 0 Å². The molecule has 2 aliphatic rings. The third kappa shape index (κ3) is 5.52. The van der Waals surface area contributed by atoms with Gasteiger partial charge in [0.15, 0.2) is 5.16 Å². The van der Waals surface area contributed by atoms with Gasteiger partial charge in [-0.25, -0.2) is 9.97 Å². The lowest BCUT2D eigenvalue weighted by Gasteiger charge is -2.33. The molecule has 1 aliphatic carbocycles. The molecule has 1 unspecified atom stereocenters. The van der Waals surface area contributed by atoms with Crippen molar-refractivity contribution in [1.29, 1.82) is 0 Å². The van der Waals surface area contributed by atoms with Crippen molar-refractivity contribution in [2.75, 3.05) is 37.7 Å². The summed E-state index contributed by atoms with van der Waals surface area (Å²) in [5.41, 5.74) is 8.02. The lowest BCUT2D eigenvalue weighted by Crippen LogP contribution is -2.38. The number of hydrogen-bond donors (Lipinski definition) is 2. The fourth-order valence-electron chi connectivity index (χ4n) is 4.71. The molecule has 1 saturated heterocycles. The number of aryl methyl sites for hydroxylation is 1. The number of hydrogen-bond acceptors (Lipinski definition) is 7. The van der Waals surface area contributed by atoms with Crippen molar-refractivity contribution >= 4 is 45.0 Å². The summed E-state index contributed by atoms with van der Waals surface area (Å²) in [5.74, 6) is 1.60. The van der Waals surface area contributed by atoms with Crippen LogP contribution in [-0.4, -0.2) is 52.7 Å². The average molecular weight is 462 g/mol. The molecule has 3 heterocycles. The summed E-state index contributed by atoms with van der Waals surface area (Å²) in [7, 11) is 0. The average Bonchev–Trinajstić information content (AvgIpc) is 3.10. The van der Waals surface area contributed by atoms with E-state index >= 15 is 0 Å². The number of piperidine rings is 1. The Bertz CT molecular complexity index is 930. The van der Waals surface area contributed by atoms with Gasteiger partial charge in [-0.2, -0.15) is 0 Å². The largest absolute Gasteiger partial charge is 0.383 e. The Morgan fingerprint density at radius 1 is 1.26 bits per heavy atom. The van der Waals surface area contributed by atoms with E-state index in [2.05, 4.69) is 36.0 Å². The van der Waals surface area contributed by atoms with Crippen LogP contribution < -0.4 is 11.1 Å². The van der Waals surface area contributed by atoms with Gasteiger partial charge in [-0.15, -0.1) is 11.3 Å². The molecule has 0 radical (unpaired) electrons. The predicted octanol–water partition coefficient (Wildman–Crippen LogP) is 4.12. The summed E-state index contributed by atoms with van der Waals surface area (Å²) < 4.78 is 0. The quantitative estimate of drug-likeness (QED) is 0.497. The number of aromatic nitrogens is 2. The molecular weight excluding hydrogens is 426 g/mol. The van der Waals surface area contributed by atoms with E-state index in [-0.39, 0.29) is 5.91 Å². The van der Waals surface area contributed by atoms with Gasteiger partial charge in [0.1, 0.15) is 10.6 Å². The predicted molar refractivity (Wildman–Crippen MR) is 131 cm³/mol. The van der Waals surface area contributed by atoms with Crippen molar-refractivity contribution in [1.82, 2.24) is 20.2 Å². The highest BCUT2D eigenvalue weighted by Gasteiger charge is 2.31. The van der Waals surface area contributed by atoms with E-state index in [9.17, 15) is 4.79 Å². The molecule has 0 spiro atoms. The van der Waals surface area contributed by atoms with Crippen LogP contribution in [0.2, 0.25) is 0 Å². The highest BCUT2D eigenvalue weighted by atomic mass is 32.2. The fourth-order valence-corrected chi connectivity index (χ4v) is 6.75. The first-order chi connectivity index (χ1) is 14.8. The number of amides is 1. The van der Waals surface area contributed by atoms with E-state index in [0.717, 1.165) is 42.7 Å². The van der Waals surface area contributed by atoms with Gasteiger partial charge in [0.2, 0.25) is 5.91 Å². The van der Waals surface area contributed by atoms with Crippen LogP contribution in [0, 0.1) is 11.3 Å². The molecule has 170 valence electrons. The zero-order valence-electron chi connectivity index (χ0n) is 19.0. The molecule has 3 N–H and O–H groups in total. The van der Waals surface area contributed by atoms with E-state index in [0.29, 0.717) is 34.6 Å². The maximum absolute atomic E-state index is 12.3. The van der Waals surface area contributed by atoms with Crippen LogP contribution in [0.1, 0.15) is 56.9 Å². The van der Waals surface area contributed by atoms with Crippen molar-refractivity contribution < 1.29 is 4.79 Å². The van der Waals surface area contributed by atoms with Crippen molar-refractivity contribution in [2.45, 2.75) is 64.5 Å². The number of fused-ring (bicyclic) bond motifs is 3. The van der Waals surface area contributed by atoms with Crippen LogP contribution >= 0.6 is 23.1 Å². The van der Waals surface area contributed by atoms with E-state index in [4.69, 9.17) is 10.7 Å². The topological polar surface area (TPSA) is 84.1 Å². The number of nitrogens with one attached hydrogen (secondary N) is 1. The third-order valence-electron chi connectivity index (χ3n) is 6.67. The van der Waals surface area contributed by atoms with Gasteiger partial charge in [-0.3, -0.25) is 4.79 Å². The number of thiophene rings is 1. The van der Waals surface area contributed by atoms with Gasteiger partial charge < -0.3 is 16.0 Å². The lowest BCUT2D eigenvalue weighted by atomic mass is 9.72. The van der Waals surface area contributed by atoms with E-state index in [1.807, 2.05) is 0 Å². The Hall–Kier alpha value is -1.38. The second-order valence-corrected chi connectivity index (χ2v) is 11.9. The summed E-state index contributed by atoms with van der Waals surface area (Å²) in [4.78, 5) is 26.4. The molecule has 2 aromatic rings. The van der Waals surface area contributed by atoms with Crippen molar-refractivity contribution in [3.8, 4) is 0 Å². The third-order valence-corrected chi connectivity index (χ3v) is 8.67. The van der Waals surface area contributed by atoms with Gasteiger partial charge in [0.05, 0.1) is 11.1 Å². The van der Waals surface area contributed by atoms with E-state index in [1.54, 1.807) is 11.3 Å². The second-order valence-electron chi connectivity index (χ2n) is 9.92. The van der Waals surface area contributed by atoms with Crippen LogP contribution in [0.5, 0.6) is 0 Å². The van der Waals surface area contributed by atoms with E-state index < -0.39 is 0 Å². The number of carbonyl (C=O) groups is 1. The zero-order chi connectivity index (χ0) is 22.0. The second kappa shape index (κ2) is 9.63. The number of likely N-dealkylation sites (tertiary alicyclic amines) is 1. The van der Waals surface area contributed by atoms with Crippen LogP contribution in [0.4, 0.5) is 5.82 Å². The van der Waals surface area contributed by atoms with Crippen molar-refractivity contribution in [3.05, 3.63) is 10.4 Å². The Kier molecular flexibility index (Phi) is 7.08. The lowest BCUT2D eigenvalue weighted by molar-refractivity contribution is -0.118. The first-order valence-corrected chi connectivity index (χ1v) is 13.3. The van der Waals surface area contributed by atoms with Gasteiger partial charge in [-0.05, 0) is 62.1 Å². The molecule has 1 amide bonds. The summed E-state index contributed by atoms with van der Waals surface area (Å²) in [6, 6.07) is 0. The van der Waals surface area contributed by atoms with Gasteiger partial charge in [-0.1, -0.05) is 39.0 Å². The summed E-state index contributed by atoms with van der Waals surface area (Å²) >= 11 is 3.13. The highest BCUT2D eigenvalue weighted by molar-refractivity contribution is 7.99. The normalized spacial score (nSPS) is 20.0. The standard InChI is InChI=1S/C23H35N5OS2/c1-23(2,3)15-7-8-16-17(13-15)31-21-19(16)20(24)26-22(27-21)30-14-18(29)25-9-12-28-10-5-4-6-11-28/h15H,4-14H2,1-3H3,(H,25,29)(H2,24,26,27). The molecule has 6 nitrogen and oxygen atoms in total.